The fraction of sp³-hybridized carbons (Fsp3) is 0.409. The summed E-state index contributed by atoms with van der Waals surface area (Å²) in [7, 11) is 1.67. The fourth-order valence-corrected chi connectivity index (χ4v) is 4.32. The van der Waals surface area contributed by atoms with Gasteiger partial charge in [-0.05, 0) is 63.2 Å². The summed E-state index contributed by atoms with van der Waals surface area (Å²) in [6.07, 6.45) is 3.30. The Balaban J connectivity index is 1.16. The zero-order valence-corrected chi connectivity index (χ0v) is 16.6. The van der Waals surface area contributed by atoms with E-state index >= 15 is 0 Å². The number of hydrogen-bond donors (Lipinski definition) is 0. The predicted octanol–water partition coefficient (Wildman–Crippen LogP) is 3.85. The number of rotatable bonds is 6. The fourth-order valence-electron chi connectivity index (χ4n) is 4.32. The number of piperidine rings is 1. The lowest BCUT2D eigenvalue weighted by molar-refractivity contribution is 0.203. The molecule has 0 amide bonds. The number of aryl methyl sites for hydroxylation is 1. The lowest BCUT2D eigenvalue weighted by Gasteiger charge is -2.31. The van der Waals surface area contributed by atoms with Gasteiger partial charge in [-0.2, -0.15) is 0 Å². The van der Waals surface area contributed by atoms with Crippen LogP contribution in [0.5, 0.6) is 5.75 Å². The van der Waals surface area contributed by atoms with E-state index in [1.807, 2.05) is 35.0 Å². The summed E-state index contributed by atoms with van der Waals surface area (Å²) in [5.41, 5.74) is 3.98. The van der Waals surface area contributed by atoms with E-state index in [9.17, 15) is 0 Å². The molecule has 3 heterocycles. The van der Waals surface area contributed by atoms with Gasteiger partial charge in [0, 0.05) is 23.9 Å². The van der Waals surface area contributed by atoms with Crippen molar-refractivity contribution in [2.75, 3.05) is 26.7 Å². The quantitative estimate of drug-likeness (QED) is 0.497. The molecule has 0 N–H and O–H groups in total. The van der Waals surface area contributed by atoms with Crippen molar-refractivity contribution >= 4 is 22.0 Å². The average Bonchev–Trinajstić information content (AvgIpc) is 3.38. The van der Waals surface area contributed by atoms with Gasteiger partial charge in [0.1, 0.15) is 11.3 Å². The molecule has 2 aromatic heterocycles. The zero-order valence-electron chi connectivity index (χ0n) is 16.6. The van der Waals surface area contributed by atoms with Crippen LogP contribution in [0.3, 0.4) is 0 Å². The molecule has 0 bridgehead atoms. The van der Waals surface area contributed by atoms with Gasteiger partial charge in [-0.25, -0.2) is 4.68 Å². The second-order valence-corrected chi connectivity index (χ2v) is 7.70. The standard InChI is InChI=1S/C22H25N5O2/c1-28-17-7-8-18-21(15-17)29-24-22(18)16-9-13-26(14-10-16)11-4-12-27-20-6-3-2-5-19(20)23-25-27/h2-3,5-8,15-16H,4,9-14H2,1H3. The maximum absolute atomic E-state index is 5.55. The monoisotopic (exact) mass is 391 g/mol. The summed E-state index contributed by atoms with van der Waals surface area (Å²) < 4.78 is 12.8. The van der Waals surface area contributed by atoms with Crippen molar-refractivity contribution in [3.05, 3.63) is 48.2 Å². The Labute approximate surface area is 169 Å². The zero-order chi connectivity index (χ0) is 19.6. The Morgan fingerprint density at radius 2 is 1.97 bits per heavy atom. The Bertz CT molecular complexity index is 1110. The summed E-state index contributed by atoms with van der Waals surface area (Å²) in [4.78, 5) is 2.54. The molecule has 5 rings (SSSR count). The Kier molecular flexibility index (Phi) is 4.89. The van der Waals surface area contributed by atoms with Crippen LogP contribution in [0.25, 0.3) is 22.0 Å². The van der Waals surface area contributed by atoms with Crippen molar-refractivity contribution in [1.82, 2.24) is 25.1 Å². The first-order valence-corrected chi connectivity index (χ1v) is 10.3. The van der Waals surface area contributed by atoms with Crippen LogP contribution in [0.1, 0.15) is 30.9 Å². The second-order valence-electron chi connectivity index (χ2n) is 7.70. The normalized spacial score (nSPS) is 16.0. The highest BCUT2D eigenvalue weighted by molar-refractivity contribution is 5.81. The maximum atomic E-state index is 5.55. The minimum atomic E-state index is 0.458. The molecular weight excluding hydrogens is 366 g/mol. The molecule has 0 radical (unpaired) electrons. The molecule has 4 aromatic rings. The summed E-state index contributed by atoms with van der Waals surface area (Å²) in [6.45, 7) is 4.16. The molecule has 0 saturated carbocycles. The topological polar surface area (TPSA) is 69.2 Å². The van der Waals surface area contributed by atoms with Gasteiger partial charge in [-0.15, -0.1) is 5.10 Å². The third-order valence-electron chi connectivity index (χ3n) is 5.95. The summed E-state index contributed by atoms with van der Waals surface area (Å²) in [5, 5.41) is 14.0. The van der Waals surface area contributed by atoms with Crippen LogP contribution in [-0.4, -0.2) is 51.8 Å². The Hall–Kier alpha value is -2.93. The van der Waals surface area contributed by atoms with E-state index in [1.165, 1.54) is 0 Å². The first kappa shape index (κ1) is 18.1. The molecule has 0 unspecified atom stereocenters. The lowest BCUT2D eigenvalue weighted by Crippen LogP contribution is -2.34. The smallest absolute Gasteiger partial charge is 0.170 e. The van der Waals surface area contributed by atoms with Crippen molar-refractivity contribution in [2.45, 2.75) is 31.7 Å². The SMILES string of the molecule is COc1ccc2c(C3CCN(CCCn4nnc5ccccc54)CC3)noc2c1. The van der Waals surface area contributed by atoms with Gasteiger partial charge in [-0.3, -0.25) is 0 Å². The number of benzene rings is 2. The largest absolute Gasteiger partial charge is 0.497 e. The van der Waals surface area contributed by atoms with E-state index in [-0.39, 0.29) is 0 Å². The Morgan fingerprint density at radius 1 is 1.10 bits per heavy atom. The van der Waals surface area contributed by atoms with E-state index < -0.39 is 0 Å². The van der Waals surface area contributed by atoms with Gasteiger partial charge in [0.25, 0.3) is 0 Å². The molecule has 0 spiro atoms. The molecule has 29 heavy (non-hydrogen) atoms. The van der Waals surface area contributed by atoms with Crippen LogP contribution in [-0.2, 0) is 6.54 Å². The van der Waals surface area contributed by atoms with Gasteiger partial charge in [-0.1, -0.05) is 22.5 Å². The van der Waals surface area contributed by atoms with Crippen LogP contribution in [0.2, 0.25) is 0 Å². The summed E-state index contributed by atoms with van der Waals surface area (Å²) in [6, 6.07) is 14.1. The highest BCUT2D eigenvalue weighted by Gasteiger charge is 2.25. The van der Waals surface area contributed by atoms with Gasteiger partial charge in [0.05, 0.1) is 18.3 Å². The van der Waals surface area contributed by atoms with E-state index in [0.717, 1.165) is 78.9 Å². The van der Waals surface area contributed by atoms with Crippen LogP contribution in [0, 0.1) is 0 Å². The molecule has 7 nitrogen and oxygen atoms in total. The van der Waals surface area contributed by atoms with Crippen molar-refractivity contribution < 1.29 is 9.26 Å². The highest BCUT2D eigenvalue weighted by Crippen LogP contribution is 2.33. The maximum Gasteiger partial charge on any atom is 0.170 e. The third kappa shape index (κ3) is 3.58. The number of nitrogens with zero attached hydrogens (tertiary/aromatic N) is 5. The lowest BCUT2D eigenvalue weighted by atomic mass is 9.91. The first-order valence-electron chi connectivity index (χ1n) is 10.3. The highest BCUT2D eigenvalue weighted by atomic mass is 16.5. The first-order chi connectivity index (χ1) is 14.3. The van der Waals surface area contributed by atoms with Crippen molar-refractivity contribution in [3.8, 4) is 5.75 Å². The average molecular weight is 391 g/mol. The molecule has 0 atom stereocenters. The third-order valence-corrected chi connectivity index (χ3v) is 5.95. The minimum absolute atomic E-state index is 0.458. The van der Waals surface area contributed by atoms with Crippen molar-refractivity contribution in [3.63, 3.8) is 0 Å². The van der Waals surface area contributed by atoms with Crippen LogP contribution in [0.4, 0.5) is 0 Å². The number of ether oxygens (including phenoxy) is 1. The van der Waals surface area contributed by atoms with E-state index in [0.29, 0.717) is 5.92 Å². The molecule has 1 fully saturated rings. The van der Waals surface area contributed by atoms with Crippen LogP contribution < -0.4 is 4.74 Å². The molecule has 0 aliphatic carbocycles. The van der Waals surface area contributed by atoms with E-state index in [1.54, 1.807) is 7.11 Å². The van der Waals surface area contributed by atoms with Gasteiger partial charge in [0.15, 0.2) is 5.58 Å². The summed E-state index contributed by atoms with van der Waals surface area (Å²) in [5.74, 6) is 1.26. The van der Waals surface area contributed by atoms with Crippen molar-refractivity contribution in [1.29, 1.82) is 0 Å². The van der Waals surface area contributed by atoms with Crippen LogP contribution in [0.15, 0.2) is 47.0 Å². The molecule has 1 saturated heterocycles. The number of likely N-dealkylation sites (tertiary alicyclic amines) is 1. The Morgan fingerprint density at radius 3 is 2.83 bits per heavy atom. The molecule has 1 aliphatic rings. The predicted molar refractivity (Wildman–Crippen MR) is 111 cm³/mol. The van der Waals surface area contributed by atoms with Gasteiger partial charge >= 0.3 is 0 Å². The molecule has 2 aromatic carbocycles. The molecule has 150 valence electrons. The number of methoxy groups -OCH3 is 1. The van der Waals surface area contributed by atoms with Crippen LogP contribution >= 0.6 is 0 Å². The van der Waals surface area contributed by atoms with Crippen molar-refractivity contribution in [2.24, 2.45) is 0 Å². The molecular formula is C22H25N5O2. The minimum Gasteiger partial charge on any atom is -0.497 e. The second kappa shape index (κ2) is 7.83. The number of hydrogen-bond acceptors (Lipinski definition) is 6. The van der Waals surface area contributed by atoms with Gasteiger partial charge < -0.3 is 14.2 Å². The molecule has 1 aliphatic heterocycles. The van der Waals surface area contributed by atoms with Gasteiger partial charge in [0.2, 0.25) is 0 Å². The van der Waals surface area contributed by atoms with E-state index in [4.69, 9.17) is 9.26 Å². The molecule has 7 heteroatoms. The number of aromatic nitrogens is 4. The number of fused-ring (bicyclic) bond motifs is 2. The number of para-hydroxylation sites is 1. The summed E-state index contributed by atoms with van der Waals surface area (Å²) >= 11 is 0. The van der Waals surface area contributed by atoms with E-state index in [2.05, 4.69) is 32.5 Å².